The van der Waals surface area contributed by atoms with Crippen molar-refractivity contribution >= 4 is 18.0 Å². The van der Waals surface area contributed by atoms with Crippen molar-refractivity contribution in [2.75, 3.05) is 6.61 Å². The number of ether oxygens (including phenoxy) is 1. The summed E-state index contributed by atoms with van der Waals surface area (Å²) < 4.78 is 36.1. The number of carbonyl (C=O) groups is 1. The number of halogens is 2. The van der Waals surface area contributed by atoms with E-state index in [9.17, 15) is 18.8 Å². The quantitative estimate of drug-likeness (QED) is 0.219. The Morgan fingerprint density at radius 2 is 1.79 bits per heavy atom. The Balaban J connectivity index is 1.68. The lowest BCUT2D eigenvalue weighted by Gasteiger charge is -2.63. The fraction of sp³-hybridized carbons (Fsp3) is 0.950. The van der Waals surface area contributed by atoms with Crippen molar-refractivity contribution in [2.45, 2.75) is 83.8 Å². The van der Waals surface area contributed by atoms with Crippen LogP contribution in [0.5, 0.6) is 0 Å². The summed E-state index contributed by atoms with van der Waals surface area (Å²) in [6.45, 7) is 6.89. The molecule has 4 saturated carbocycles. The largest absolute Gasteiger partial charge is 0.691 e. The zero-order valence-corrected chi connectivity index (χ0v) is 17.7. The Labute approximate surface area is 169 Å². The fourth-order valence-corrected chi connectivity index (χ4v) is 7.44. The first-order valence-electron chi connectivity index (χ1n) is 10.2. The molecule has 2 atom stereocenters. The molecule has 4 aliphatic carbocycles. The topological polar surface area (TPSA) is 67.8 Å². The Kier molecular flexibility index (Phi) is 6.36. The predicted octanol–water partition coefficient (Wildman–Crippen LogP) is 4.80. The third-order valence-corrected chi connectivity index (χ3v) is 7.50. The van der Waals surface area contributed by atoms with Crippen LogP contribution in [0.15, 0.2) is 0 Å². The van der Waals surface area contributed by atoms with Gasteiger partial charge < -0.3 is 9.99 Å². The molecule has 0 aromatic rings. The molecule has 0 saturated heterocycles. The van der Waals surface area contributed by atoms with Crippen LogP contribution >= 0.6 is 12.0 Å². The van der Waals surface area contributed by atoms with Gasteiger partial charge in [0.1, 0.15) is 12.0 Å². The number of hydrogen-bond donors (Lipinski definition) is 0. The maximum atomic E-state index is 13.7. The molecular formula is C20H31F2O5S-. The molecule has 0 heterocycles. The lowest BCUT2D eigenvalue weighted by atomic mass is 9.42. The van der Waals surface area contributed by atoms with Gasteiger partial charge >= 0.3 is 11.2 Å². The summed E-state index contributed by atoms with van der Waals surface area (Å²) in [6, 6.07) is 0. The SMILES string of the molecule is CCCC(C)(C)CC12CC3CC(CC(COC(=O)C(F)(F)SOO[O-])(C3)C1)C2. The standard InChI is InChI=1S/C20H32F2O5S/c1-4-5-17(2,3)11-18-7-14-6-15(8-18)10-19(9-14,12-18)13-25-16(23)20(21,22)28-27-26-24/h14-15,24H,4-13H2,1-3H3/p-1. The Morgan fingerprint density at radius 3 is 2.36 bits per heavy atom. The van der Waals surface area contributed by atoms with Crippen LogP contribution in [0, 0.1) is 28.1 Å². The van der Waals surface area contributed by atoms with E-state index in [2.05, 4.69) is 30.1 Å². The normalized spacial score (nSPS) is 34.6. The van der Waals surface area contributed by atoms with Crippen LogP contribution in [0.3, 0.4) is 0 Å². The van der Waals surface area contributed by atoms with Gasteiger partial charge in [0.25, 0.3) is 0 Å². The molecule has 5 nitrogen and oxygen atoms in total. The zero-order chi connectivity index (χ0) is 20.6. The van der Waals surface area contributed by atoms with Crippen molar-refractivity contribution in [3.05, 3.63) is 0 Å². The summed E-state index contributed by atoms with van der Waals surface area (Å²) >= 11 is -0.626. The summed E-state index contributed by atoms with van der Waals surface area (Å²) in [5.41, 5.74) is 0.308. The van der Waals surface area contributed by atoms with Gasteiger partial charge in [0.2, 0.25) is 0 Å². The molecule has 0 N–H and O–H groups in total. The van der Waals surface area contributed by atoms with E-state index in [0.29, 0.717) is 11.8 Å². The second-order valence-corrected chi connectivity index (χ2v) is 11.2. The minimum Gasteiger partial charge on any atom is -0.691 e. The molecule has 4 bridgehead atoms. The molecular weight excluding hydrogens is 390 g/mol. The minimum absolute atomic E-state index is 0.0170. The third kappa shape index (κ3) is 4.82. The van der Waals surface area contributed by atoms with E-state index in [1.807, 2.05) is 0 Å². The molecule has 4 fully saturated rings. The van der Waals surface area contributed by atoms with Crippen molar-refractivity contribution in [3.63, 3.8) is 0 Å². The highest BCUT2D eigenvalue weighted by Gasteiger charge is 2.59. The molecule has 0 amide bonds. The van der Waals surface area contributed by atoms with Gasteiger partial charge in [-0.15, -0.1) is 0 Å². The van der Waals surface area contributed by atoms with E-state index >= 15 is 0 Å². The van der Waals surface area contributed by atoms with Gasteiger partial charge in [-0.05, 0) is 74.0 Å². The van der Waals surface area contributed by atoms with Crippen molar-refractivity contribution in [3.8, 4) is 0 Å². The number of alkyl halides is 2. The highest BCUT2D eigenvalue weighted by atomic mass is 32.2. The maximum absolute atomic E-state index is 13.7. The summed E-state index contributed by atoms with van der Waals surface area (Å²) in [4.78, 5) is 11.8. The van der Waals surface area contributed by atoms with Crippen LogP contribution in [0.4, 0.5) is 8.78 Å². The van der Waals surface area contributed by atoms with Crippen molar-refractivity contribution in [1.82, 2.24) is 0 Å². The molecule has 4 aliphatic rings. The van der Waals surface area contributed by atoms with E-state index in [0.717, 1.165) is 32.1 Å². The first-order valence-corrected chi connectivity index (χ1v) is 11.0. The van der Waals surface area contributed by atoms with Gasteiger partial charge in [-0.3, -0.25) is 5.04 Å². The van der Waals surface area contributed by atoms with Crippen LogP contribution in [-0.2, 0) is 18.9 Å². The van der Waals surface area contributed by atoms with Gasteiger partial charge in [0.15, 0.2) is 0 Å². The molecule has 0 aromatic carbocycles. The molecule has 162 valence electrons. The van der Waals surface area contributed by atoms with Gasteiger partial charge in [0.05, 0.1) is 6.61 Å². The van der Waals surface area contributed by atoms with Crippen molar-refractivity contribution < 1.29 is 32.9 Å². The molecule has 2 unspecified atom stereocenters. The predicted molar refractivity (Wildman–Crippen MR) is 98.5 cm³/mol. The fourth-order valence-electron chi connectivity index (χ4n) is 7.20. The first-order chi connectivity index (χ1) is 13.0. The number of carbonyl (C=O) groups excluding carboxylic acids is 1. The van der Waals surface area contributed by atoms with E-state index < -0.39 is 23.3 Å². The molecule has 0 radical (unpaired) electrons. The average molecular weight is 422 g/mol. The average Bonchev–Trinajstić information content (AvgIpc) is 2.55. The van der Waals surface area contributed by atoms with E-state index in [-0.39, 0.29) is 22.9 Å². The second kappa shape index (κ2) is 8.00. The summed E-state index contributed by atoms with van der Waals surface area (Å²) in [5, 5.41) is 8.70. The van der Waals surface area contributed by atoms with Crippen LogP contribution in [-0.4, -0.2) is 17.8 Å². The molecule has 0 spiro atoms. The van der Waals surface area contributed by atoms with Crippen LogP contribution in [0.1, 0.15) is 78.6 Å². The van der Waals surface area contributed by atoms with Gasteiger partial charge in [-0.2, -0.15) is 13.1 Å². The number of rotatable bonds is 10. The third-order valence-electron chi connectivity index (χ3n) is 7.00. The maximum Gasteiger partial charge on any atom is 0.415 e. The molecule has 4 rings (SSSR count). The second-order valence-electron chi connectivity index (χ2n) is 10.4. The van der Waals surface area contributed by atoms with Gasteiger partial charge in [0, 0.05) is 5.41 Å². The monoisotopic (exact) mass is 421 g/mol. The Morgan fingerprint density at radius 1 is 1.18 bits per heavy atom. The van der Waals surface area contributed by atoms with Gasteiger partial charge in [-0.1, -0.05) is 27.2 Å². The first kappa shape index (κ1) is 22.2. The molecule has 8 heteroatoms. The summed E-state index contributed by atoms with van der Waals surface area (Å²) in [6.07, 6.45) is 9.98. The lowest BCUT2D eigenvalue weighted by Crippen LogP contribution is -2.55. The van der Waals surface area contributed by atoms with E-state index in [1.165, 1.54) is 25.7 Å². The van der Waals surface area contributed by atoms with E-state index in [4.69, 9.17) is 4.74 Å². The Hall–Kier alpha value is -0.440. The smallest absolute Gasteiger partial charge is 0.415 e. The summed E-state index contributed by atoms with van der Waals surface area (Å²) in [5.74, 6) is -0.473. The highest BCUT2D eigenvalue weighted by molar-refractivity contribution is 7.96. The number of esters is 1. The van der Waals surface area contributed by atoms with Gasteiger partial charge in [-0.25, -0.2) is 4.79 Å². The van der Waals surface area contributed by atoms with Crippen LogP contribution in [0.2, 0.25) is 0 Å². The molecule has 0 aromatic heterocycles. The molecule has 0 aliphatic heterocycles. The van der Waals surface area contributed by atoms with Crippen LogP contribution in [0.25, 0.3) is 0 Å². The Bertz CT molecular complexity index is 569. The zero-order valence-electron chi connectivity index (χ0n) is 16.9. The summed E-state index contributed by atoms with van der Waals surface area (Å²) in [7, 11) is 0. The van der Waals surface area contributed by atoms with Crippen molar-refractivity contribution in [2.24, 2.45) is 28.1 Å². The molecule has 28 heavy (non-hydrogen) atoms. The van der Waals surface area contributed by atoms with E-state index in [1.54, 1.807) is 0 Å². The lowest BCUT2D eigenvalue weighted by molar-refractivity contribution is -0.777. The minimum atomic E-state index is -3.96. The highest BCUT2D eigenvalue weighted by Crippen LogP contribution is 2.68. The van der Waals surface area contributed by atoms with Crippen LogP contribution < -0.4 is 5.26 Å². The van der Waals surface area contributed by atoms with Crippen molar-refractivity contribution in [1.29, 1.82) is 0 Å². The number of hydrogen-bond acceptors (Lipinski definition) is 6.